The van der Waals surface area contributed by atoms with Crippen LogP contribution >= 0.6 is 0 Å². The fourth-order valence-corrected chi connectivity index (χ4v) is 4.24. The minimum atomic E-state index is -0.766. The lowest BCUT2D eigenvalue weighted by Gasteiger charge is -2.30. The highest BCUT2D eigenvalue weighted by Crippen LogP contribution is 2.30. The summed E-state index contributed by atoms with van der Waals surface area (Å²) >= 11 is 0. The lowest BCUT2D eigenvalue weighted by Crippen LogP contribution is -2.46. The van der Waals surface area contributed by atoms with Crippen molar-refractivity contribution in [3.05, 3.63) is 42.0 Å². The van der Waals surface area contributed by atoms with Gasteiger partial charge in [0.2, 0.25) is 0 Å². The number of fused-ring (bicyclic) bond motifs is 1. The summed E-state index contributed by atoms with van der Waals surface area (Å²) in [6, 6.07) is 1.34. The lowest BCUT2D eigenvalue weighted by atomic mass is 9.90. The highest BCUT2D eigenvalue weighted by Gasteiger charge is 2.27. The standard InChI is InChI=1S/C23H23F3N8O2/c1-28-34-20(18(27)10-35)23(36)32-13-4-2-3-12(7-13)31-22-17(26)9-30-21(33-22)15-8-29-19-14(15)5-11(24)6-16(19)25/h5-6,8-10,12-13,27-29H,2-4,7H2,1H3,(H,32,36)(H,30,31,33)/b27-18?,34-20+/t12-,13+/m0/s1. The van der Waals surface area contributed by atoms with Crippen LogP contribution in [0.15, 0.2) is 29.6 Å². The molecular weight excluding hydrogens is 477 g/mol. The van der Waals surface area contributed by atoms with E-state index in [-0.39, 0.29) is 46.6 Å². The summed E-state index contributed by atoms with van der Waals surface area (Å²) in [5.41, 5.74) is 1.91. The monoisotopic (exact) mass is 500 g/mol. The smallest absolute Gasteiger partial charge is 0.274 e. The van der Waals surface area contributed by atoms with Crippen LogP contribution in [0.5, 0.6) is 0 Å². The molecule has 1 aromatic carbocycles. The zero-order valence-electron chi connectivity index (χ0n) is 19.2. The van der Waals surface area contributed by atoms with E-state index in [0.717, 1.165) is 18.3 Å². The molecule has 10 nitrogen and oxygen atoms in total. The number of carbonyl (C=O) groups excluding carboxylic acids is 2. The first-order chi connectivity index (χ1) is 17.3. The van der Waals surface area contributed by atoms with Crippen molar-refractivity contribution in [2.24, 2.45) is 5.10 Å². The number of aldehydes is 1. The van der Waals surface area contributed by atoms with Gasteiger partial charge in [-0.2, -0.15) is 5.10 Å². The van der Waals surface area contributed by atoms with Gasteiger partial charge in [-0.1, -0.05) is 0 Å². The molecule has 1 aliphatic carbocycles. The molecular formula is C23H23F3N8O2. The third-order valence-corrected chi connectivity index (χ3v) is 5.85. The number of rotatable bonds is 8. The molecule has 1 fully saturated rings. The van der Waals surface area contributed by atoms with Crippen LogP contribution in [0.1, 0.15) is 25.7 Å². The molecule has 5 N–H and O–H groups in total. The molecule has 0 saturated heterocycles. The summed E-state index contributed by atoms with van der Waals surface area (Å²) in [7, 11) is 1.44. The van der Waals surface area contributed by atoms with Crippen LogP contribution in [0.3, 0.4) is 0 Å². The quantitative estimate of drug-likeness (QED) is 0.182. The van der Waals surface area contributed by atoms with Gasteiger partial charge in [-0.15, -0.1) is 0 Å². The van der Waals surface area contributed by atoms with Crippen molar-refractivity contribution < 1.29 is 22.8 Å². The van der Waals surface area contributed by atoms with Gasteiger partial charge in [0.15, 0.2) is 29.5 Å². The number of hydrogen-bond acceptors (Lipinski definition) is 8. The molecule has 1 saturated carbocycles. The molecule has 0 bridgehead atoms. The van der Waals surface area contributed by atoms with Gasteiger partial charge in [0, 0.05) is 42.3 Å². The van der Waals surface area contributed by atoms with Crippen LogP contribution in [0, 0.1) is 22.9 Å². The number of nitrogens with one attached hydrogen (secondary N) is 5. The highest BCUT2D eigenvalue weighted by atomic mass is 19.1. The van der Waals surface area contributed by atoms with Crippen molar-refractivity contribution in [3.8, 4) is 11.4 Å². The zero-order chi connectivity index (χ0) is 25.8. The van der Waals surface area contributed by atoms with Crippen LogP contribution in [-0.2, 0) is 9.59 Å². The first kappa shape index (κ1) is 24.8. The number of amides is 1. The van der Waals surface area contributed by atoms with E-state index < -0.39 is 29.1 Å². The number of halogens is 3. The molecule has 1 aliphatic rings. The molecule has 4 rings (SSSR count). The van der Waals surface area contributed by atoms with Crippen LogP contribution in [0.2, 0.25) is 0 Å². The molecule has 0 spiro atoms. The van der Waals surface area contributed by atoms with Crippen molar-refractivity contribution >= 4 is 40.3 Å². The van der Waals surface area contributed by atoms with Crippen molar-refractivity contribution in [2.75, 3.05) is 12.4 Å². The fraction of sp³-hybridized carbons (Fsp3) is 0.304. The molecule has 0 aliphatic heterocycles. The molecule has 2 atom stereocenters. The second-order valence-electron chi connectivity index (χ2n) is 8.30. The summed E-state index contributed by atoms with van der Waals surface area (Å²) in [4.78, 5) is 34.4. The number of hydrogen-bond donors (Lipinski definition) is 5. The van der Waals surface area contributed by atoms with Crippen molar-refractivity contribution in [1.29, 1.82) is 5.41 Å². The molecule has 0 radical (unpaired) electrons. The van der Waals surface area contributed by atoms with Crippen LogP contribution in [0.4, 0.5) is 19.0 Å². The minimum Gasteiger partial charge on any atom is -0.365 e. The van der Waals surface area contributed by atoms with Crippen molar-refractivity contribution in [1.82, 2.24) is 25.7 Å². The van der Waals surface area contributed by atoms with E-state index in [1.165, 1.54) is 13.2 Å². The van der Waals surface area contributed by atoms with E-state index in [9.17, 15) is 22.8 Å². The first-order valence-corrected chi connectivity index (χ1v) is 11.2. The van der Waals surface area contributed by atoms with Gasteiger partial charge in [0.25, 0.3) is 5.91 Å². The van der Waals surface area contributed by atoms with Crippen molar-refractivity contribution in [3.63, 3.8) is 0 Å². The second kappa shape index (κ2) is 10.5. The van der Waals surface area contributed by atoms with Crippen LogP contribution in [0.25, 0.3) is 22.3 Å². The Morgan fingerprint density at radius 3 is 2.75 bits per heavy atom. The largest absolute Gasteiger partial charge is 0.365 e. The predicted molar refractivity (Wildman–Crippen MR) is 127 cm³/mol. The first-order valence-electron chi connectivity index (χ1n) is 11.2. The minimum absolute atomic E-state index is 0.0797. The third-order valence-electron chi connectivity index (χ3n) is 5.85. The normalized spacial score (nSPS) is 18.1. The summed E-state index contributed by atoms with van der Waals surface area (Å²) < 4.78 is 42.4. The lowest BCUT2D eigenvalue weighted by molar-refractivity contribution is -0.115. The molecule has 0 unspecified atom stereocenters. The number of nitrogens with zero attached hydrogens (tertiary/aromatic N) is 3. The Kier molecular flexibility index (Phi) is 7.27. The van der Waals surface area contributed by atoms with E-state index in [2.05, 4.69) is 36.1 Å². The van der Waals surface area contributed by atoms with Crippen LogP contribution in [-0.4, -0.2) is 57.7 Å². The molecule has 13 heteroatoms. The molecule has 2 aromatic heterocycles. The van der Waals surface area contributed by atoms with Gasteiger partial charge in [-0.25, -0.2) is 23.1 Å². The van der Waals surface area contributed by atoms with Gasteiger partial charge >= 0.3 is 0 Å². The maximum absolute atomic E-state index is 14.6. The molecule has 2 heterocycles. The Hall–Kier alpha value is -4.29. The van der Waals surface area contributed by atoms with Gasteiger partial charge in [-0.3, -0.25) is 15.0 Å². The summed E-state index contributed by atoms with van der Waals surface area (Å²) in [5, 5.41) is 17.3. The Bertz CT molecular complexity index is 1360. The van der Waals surface area contributed by atoms with Gasteiger partial charge in [0.1, 0.15) is 17.3 Å². The Balaban J connectivity index is 1.50. The van der Waals surface area contributed by atoms with Crippen molar-refractivity contribution in [2.45, 2.75) is 37.8 Å². The average Bonchev–Trinajstić information content (AvgIpc) is 3.28. The molecule has 188 valence electrons. The SMILES string of the molecule is CN/N=C(\C(=N)C=O)C(=O)N[C@@H]1CCC[C@H](Nc2nc(-c3c[nH]c4c(F)cc(F)cc34)ncc2F)C1. The highest BCUT2D eigenvalue weighted by molar-refractivity contribution is 6.76. The van der Waals surface area contributed by atoms with E-state index in [1.807, 2.05) is 0 Å². The topological polar surface area (TPSA) is 148 Å². The molecule has 36 heavy (non-hydrogen) atoms. The maximum Gasteiger partial charge on any atom is 0.274 e. The second-order valence-corrected chi connectivity index (χ2v) is 8.30. The van der Waals surface area contributed by atoms with Crippen LogP contribution < -0.4 is 16.1 Å². The summed E-state index contributed by atoms with van der Waals surface area (Å²) in [5.74, 6) is -2.90. The van der Waals surface area contributed by atoms with E-state index in [1.54, 1.807) is 0 Å². The van der Waals surface area contributed by atoms with Gasteiger partial charge in [0.05, 0.1) is 11.7 Å². The number of H-pyrrole nitrogens is 1. The van der Waals surface area contributed by atoms with E-state index >= 15 is 0 Å². The average molecular weight is 500 g/mol. The number of hydrazone groups is 1. The maximum atomic E-state index is 14.6. The summed E-state index contributed by atoms with van der Waals surface area (Å²) in [6.07, 6.45) is 5.10. The Labute approximate surface area is 203 Å². The summed E-state index contributed by atoms with van der Waals surface area (Å²) in [6.45, 7) is 0. The van der Waals surface area contributed by atoms with E-state index in [0.29, 0.717) is 31.2 Å². The number of carbonyl (C=O) groups is 2. The Morgan fingerprint density at radius 1 is 1.22 bits per heavy atom. The Morgan fingerprint density at radius 2 is 2.00 bits per heavy atom. The van der Waals surface area contributed by atoms with Gasteiger partial charge in [-0.05, 0) is 31.7 Å². The number of aromatic amines is 1. The molecule has 1 amide bonds. The fourth-order valence-electron chi connectivity index (χ4n) is 4.24. The number of benzene rings is 1. The third kappa shape index (κ3) is 5.19. The zero-order valence-corrected chi connectivity index (χ0v) is 19.2. The number of anilines is 1. The number of aromatic nitrogens is 3. The predicted octanol–water partition coefficient (Wildman–Crippen LogP) is 2.68. The van der Waals surface area contributed by atoms with Gasteiger partial charge < -0.3 is 21.0 Å². The molecule has 3 aromatic rings. The van der Waals surface area contributed by atoms with E-state index in [4.69, 9.17) is 5.41 Å².